The van der Waals surface area contributed by atoms with E-state index in [1.807, 2.05) is 30.3 Å². The fraction of sp³-hybridized carbons (Fsp3) is 0.500. The highest BCUT2D eigenvalue weighted by Gasteiger charge is 2.52. The van der Waals surface area contributed by atoms with Crippen LogP contribution in [0.4, 0.5) is 0 Å². The number of carbonyl (C=O) groups is 1. The quantitative estimate of drug-likeness (QED) is 0.807. The SMILES string of the molecule is COC(=O)[C@@H]1OC2(CCNC2)O[C@H]1c1ccccc1. The molecule has 0 bridgehead atoms. The van der Waals surface area contributed by atoms with Gasteiger partial charge in [-0.05, 0) is 5.56 Å². The van der Waals surface area contributed by atoms with Crippen molar-refractivity contribution in [3.63, 3.8) is 0 Å². The lowest BCUT2D eigenvalue weighted by Crippen LogP contribution is -2.35. The standard InChI is InChI=1S/C14H17NO4/c1-17-13(16)12-11(10-5-3-2-4-6-10)18-14(19-12)7-8-15-9-14/h2-6,11-12,15H,7-9H2,1H3/t11-,12+,14?/m0/s1. The van der Waals surface area contributed by atoms with Crippen LogP contribution in [0.15, 0.2) is 30.3 Å². The third-order valence-corrected chi connectivity index (χ3v) is 3.60. The maximum absolute atomic E-state index is 11.9. The first-order chi connectivity index (χ1) is 9.24. The summed E-state index contributed by atoms with van der Waals surface area (Å²) in [5.74, 6) is -1.09. The van der Waals surface area contributed by atoms with Gasteiger partial charge in [-0.25, -0.2) is 4.79 Å². The molecule has 1 spiro atoms. The largest absolute Gasteiger partial charge is 0.467 e. The van der Waals surface area contributed by atoms with E-state index in [0.29, 0.717) is 6.54 Å². The first-order valence-electron chi connectivity index (χ1n) is 6.43. The lowest BCUT2D eigenvalue weighted by atomic mass is 10.0. The van der Waals surface area contributed by atoms with Crippen LogP contribution in [0.3, 0.4) is 0 Å². The van der Waals surface area contributed by atoms with Gasteiger partial charge in [-0.15, -0.1) is 0 Å². The molecular formula is C14H17NO4. The van der Waals surface area contributed by atoms with Crippen LogP contribution in [0.2, 0.25) is 0 Å². The highest BCUT2D eigenvalue weighted by Crippen LogP contribution is 2.41. The topological polar surface area (TPSA) is 56.8 Å². The molecule has 5 nitrogen and oxygen atoms in total. The number of rotatable bonds is 2. The summed E-state index contributed by atoms with van der Waals surface area (Å²) >= 11 is 0. The highest BCUT2D eigenvalue weighted by atomic mass is 16.8. The molecule has 5 heteroatoms. The van der Waals surface area contributed by atoms with Crippen LogP contribution in [-0.2, 0) is 19.0 Å². The number of hydrogen-bond acceptors (Lipinski definition) is 5. The van der Waals surface area contributed by atoms with Gasteiger partial charge in [0.2, 0.25) is 0 Å². The molecule has 1 N–H and O–H groups in total. The van der Waals surface area contributed by atoms with Gasteiger partial charge in [0.15, 0.2) is 11.9 Å². The van der Waals surface area contributed by atoms with Gasteiger partial charge in [0, 0.05) is 19.5 Å². The zero-order valence-corrected chi connectivity index (χ0v) is 10.8. The Kier molecular flexibility index (Phi) is 3.26. The Morgan fingerprint density at radius 3 is 2.79 bits per heavy atom. The number of methoxy groups -OCH3 is 1. The number of ether oxygens (including phenoxy) is 3. The molecule has 19 heavy (non-hydrogen) atoms. The first-order valence-corrected chi connectivity index (χ1v) is 6.43. The molecule has 3 rings (SSSR count). The molecule has 0 aromatic heterocycles. The van der Waals surface area contributed by atoms with Gasteiger partial charge in [-0.3, -0.25) is 0 Å². The Morgan fingerprint density at radius 1 is 1.37 bits per heavy atom. The van der Waals surface area contributed by atoms with E-state index in [2.05, 4.69) is 5.32 Å². The van der Waals surface area contributed by atoms with E-state index in [1.54, 1.807) is 0 Å². The van der Waals surface area contributed by atoms with E-state index in [4.69, 9.17) is 14.2 Å². The lowest BCUT2D eigenvalue weighted by molar-refractivity contribution is -0.174. The number of hydrogen-bond donors (Lipinski definition) is 1. The van der Waals surface area contributed by atoms with Crippen molar-refractivity contribution in [3.8, 4) is 0 Å². The van der Waals surface area contributed by atoms with Gasteiger partial charge >= 0.3 is 5.97 Å². The van der Waals surface area contributed by atoms with Crippen LogP contribution < -0.4 is 5.32 Å². The molecule has 3 atom stereocenters. The minimum atomic E-state index is -0.702. The fourth-order valence-electron chi connectivity index (χ4n) is 2.63. The molecule has 2 saturated heterocycles. The van der Waals surface area contributed by atoms with E-state index >= 15 is 0 Å². The van der Waals surface area contributed by atoms with Gasteiger partial charge in [0.05, 0.1) is 7.11 Å². The number of nitrogens with one attached hydrogen (secondary N) is 1. The molecule has 0 radical (unpaired) electrons. The number of benzene rings is 1. The predicted molar refractivity (Wildman–Crippen MR) is 67.4 cm³/mol. The minimum absolute atomic E-state index is 0.391. The van der Waals surface area contributed by atoms with Gasteiger partial charge in [0.1, 0.15) is 6.10 Å². The summed E-state index contributed by atoms with van der Waals surface area (Å²) < 4.78 is 16.7. The summed E-state index contributed by atoms with van der Waals surface area (Å²) in [7, 11) is 1.37. The monoisotopic (exact) mass is 263 g/mol. The van der Waals surface area contributed by atoms with Crippen LogP contribution in [0.5, 0.6) is 0 Å². The Morgan fingerprint density at radius 2 is 2.16 bits per heavy atom. The van der Waals surface area contributed by atoms with Crippen molar-refractivity contribution in [2.45, 2.75) is 24.4 Å². The molecule has 1 aromatic carbocycles. The van der Waals surface area contributed by atoms with Crippen LogP contribution in [0.1, 0.15) is 18.1 Å². The zero-order chi connectivity index (χ0) is 13.3. The molecule has 2 aliphatic heterocycles. The zero-order valence-electron chi connectivity index (χ0n) is 10.8. The third kappa shape index (κ3) is 2.25. The fourth-order valence-corrected chi connectivity index (χ4v) is 2.63. The third-order valence-electron chi connectivity index (χ3n) is 3.60. The number of esters is 1. The summed E-state index contributed by atoms with van der Waals surface area (Å²) in [4.78, 5) is 11.9. The van der Waals surface area contributed by atoms with Crippen molar-refractivity contribution in [2.24, 2.45) is 0 Å². The van der Waals surface area contributed by atoms with Crippen molar-refractivity contribution in [3.05, 3.63) is 35.9 Å². The number of carbonyl (C=O) groups excluding carboxylic acids is 1. The van der Waals surface area contributed by atoms with Crippen LogP contribution in [-0.4, -0.2) is 38.1 Å². The van der Waals surface area contributed by atoms with E-state index < -0.39 is 24.0 Å². The predicted octanol–water partition coefficient (Wildman–Crippen LogP) is 1.01. The van der Waals surface area contributed by atoms with Crippen LogP contribution in [0.25, 0.3) is 0 Å². The van der Waals surface area contributed by atoms with Crippen LogP contribution in [0, 0.1) is 0 Å². The van der Waals surface area contributed by atoms with E-state index in [9.17, 15) is 4.79 Å². The van der Waals surface area contributed by atoms with Gasteiger partial charge < -0.3 is 19.5 Å². The van der Waals surface area contributed by atoms with E-state index in [-0.39, 0.29) is 0 Å². The second kappa shape index (κ2) is 4.92. The summed E-state index contributed by atoms with van der Waals surface area (Å²) in [6, 6.07) is 9.64. The second-order valence-corrected chi connectivity index (χ2v) is 4.85. The molecule has 2 aliphatic rings. The van der Waals surface area contributed by atoms with Crippen molar-refractivity contribution in [1.82, 2.24) is 5.32 Å². The Balaban J connectivity index is 1.89. The second-order valence-electron chi connectivity index (χ2n) is 4.85. The average Bonchev–Trinajstić information content (AvgIpc) is 3.07. The van der Waals surface area contributed by atoms with E-state index in [1.165, 1.54) is 7.11 Å². The molecule has 2 heterocycles. The first kappa shape index (κ1) is 12.6. The normalized spacial score (nSPS) is 33.7. The summed E-state index contributed by atoms with van der Waals surface area (Å²) in [5.41, 5.74) is 0.932. The lowest BCUT2D eigenvalue weighted by Gasteiger charge is -2.20. The van der Waals surface area contributed by atoms with Crippen molar-refractivity contribution in [1.29, 1.82) is 0 Å². The summed E-state index contributed by atoms with van der Waals surface area (Å²) in [6.07, 6.45) is -0.370. The van der Waals surface area contributed by atoms with Crippen LogP contribution >= 0.6 is 0 Å². The Bertz CT molecular complexity index is 456. The molecule has 0 aliphatic carbocycles. The molecule has 2 fully saturated rings. The van der Waals surface area contributed by atoms with Crippen molar-refractivity contribution >= 4 is 5.97 Å². The summed E-state index contributed by atoms with van der Waals surface area (Å²) in [6.45, 7) is 1.43. The van der Waals surface area contributed by atoms with E-state index in [0.717, 1.165) is 18.5 Å². The smallest absolute Gasteiger partial charge is 0.338 e. The molecule has 0 saturated carbocycles. The highest BCUT2D eigenvalue weighted by molar-refractivity contribution is 5.76. The Labute approximate surface area is 111 Å². The van der Waals surface area contributed by atoms with Gasteiger partial charge in [-0.2, -0.15) is 0 Å². The van der Waals surface area contributed by atoms with Crippen molar-refractivity contribution in [2.75, 3.05) is 20.2 Å². The molecular weight excluding hydrogens is 246 g/mol. The minimum Gasteiger partial charge on any atom is -0.467 e. The summed E-state index contributed by atoms with van der Waals surface area (Å²) in [5, 5.41) is 3.20. The maximum Gasteiger partial charge on any atom is 0.338 e. The van der Waals surface area contributed by atoms with Gasteiger partial charge in [0.25, 0.3) is 0 Å². The maximum atomic E-state index is 11.9. The van der Waals surface area contributed by atoms with Gasteiger partial charge in [-0.1, -0.05) is 30.3 Å². The average molecular weight is 263 g/mol. The van der Waals surface area contributed by atoms with Crippen molar-refractivity contribution < 1.29 is 19.0 Å². The molecule has 1 aromatic rings. The molecule has 102 valence electrons. The molecule has 1 unspecified atom stereocenters. The Hall–Kier alpha value is -1.43. The molecule has 0 amide bonds.